The van der Waals surface area contributed by atoms with E-state index in [4.69, 9.17) is 0 Å². The number of nitrogens with one attached hydrogen (secondary N) is 2. The zero-order valence-corrected chi connectivity index (χ0v) is 15.9. The molecule has 138 valence electrons. The summed E-state index contributed by atoms with van der Waals surface area (Å²) in [7, 11) is 0. The summed E-state index contributed by atoms with van der Waals surface area (Å²) in [6.07, 6.45) is 2.23. The summed E-state index contributed by atoms with van der Waals surface area (Å²) in [6.45, 7) is 4.89. The zero-order valence-electron chi connectivity index (χ0n) is 15.1. The molecule has 1 aromatic rings. The van der Waals surface area contributed by atoms with Gasteiger partial charge in [0.15, 0.2) is 0 Å². The summed E-state index contributed by atoms with van der Waals surface area (Å²) in [6, 6.07) is 3.41. The molecule has 1 aliphatic heterocycles. The van der Waals surface area contributed by atoms with Crippen molar-refractivity contribution in [2.75, 3.05) is 6.54 Å². The molecule has 0 radical (unpaired) electrons. The Hall–Kier alpha value is -2.40. The minimum atomic E-state index is -1.06. The summed E-state index contributed by atoms with van der Waals surface area (Å²) in [5.41, 5.74) is -1.26. The molecule has 26 heavy (non-hydrogen) atoms. The van der Waals surface area contributed by atoms with E-state index in [-0.39, 0.29) is 11.8 Å². The van der Waals surface area contributed by atoms with Crippen molar-refractivity contribution in [2.45, 2.75) is 51.1 Å². The lowest BCUT2D eigenvalue weighted by molar-refractivity contribution is -0.136. The van der Waals surface area contributed by atoms with Crippen molar-refractivity contribution in [1.82, 2.24) is 15.5 Å². The number of hydrogen-bond donors (Lipinski definition) is 2. The van der Waals surface area contributed by atoms with E-state index in [9.17, 15) is 19.6 Å². The third kappa shape index (κ3) is 2.76. The number of fused-ring (bicyclic) bond motifs is 2. The number of nitriles is 1. The van der Waals surface area contributed by atoms with Gasteiger partial charge in [-0.25, -0.2) is 4.79 Å². The smallest absolute Gasteiger partial charge is 0.325 e. The zero-order chi connectivity index (χ0) is 19.1. The van der Waals surface area contributed by atoms with E-state index in [1.54, 1.807) is 18.3 Å². The molecule has 2 N–H and O–H groups in total. The second-order valence-electron chi connectivity index (χ2n) is 7.35. The summed E-state index contributed by atoms with van der Waals surface area (Å²) in [4.78, 5) is 40.0. The molecule has 0 aromatic carbocycles. The minimum absolute atomic E-state index is 0.113. The summed E-state index contributed by atoms with van der Waals surface area (Å²) in [5.74, 6) is -1.03. The van der Waals surface area contributed by atoms with Crippen LogP contribution in [0.3, 0.4) is 0 Å². The number of carbonyl (C=O) groups excluding carboxylic acids is 3. The van der Waals surface area contributed by atoms with Crippen molar-refractivity contribution in [3.05, 3.63) is 21.9 Å². The van der Waals surface area contributed by atoms with Gasteiger partial charge in [-0.2, -0.15) is 5.26 Å². The van der Waals surface area contributed by atoms with Gasteiger partial charge in [0.1, 0.15) is 17.6 Å². The largest absolute Gasteiger partial charge is 0.336 e. The predicted octanol–water partition coefficient (Wildman–Crippen LogP) is 1.89. The first-order valence-electron chi connectivity index (χ1n) is 8.67. The molecule has 3 rings (SSSR count). The van der Waals surface area contributed by atoms with Gasteiger partial charge in [0.2, 0.25) is 5.91 Å². The number of rotatable bonds is 4. The Morgan fingerprint density at radius 2 is 2.27 bits per heavy atom. The number of aryl methyl sites for hydroxylation is 1. The molecule has 8 heteroatoms. The number of hydrogen-bond acceptors (Lipinski definition) is 5. The molecule has 1 spiro atoms. The lowest BCUT2D eigenvalue weighted by Crippen LogP contribution is -2.53. The maximum Gasteiger partial charge on any atom is 0.325 e. The predicted molar refractivity (Wildman–Crippen MR) is 96.2 cm³/mol. The topological polar surface area (TPSA) is 102 Å². The second-order valence-corrected chi connectivity index (χ2v) is 8.36. The van der Waals surface area contributed by atoms with Crippen LogP contribution in [0.15, 0.2) is 11.4 Å². The minimum Gasteiger partial charge on any atom is -0.336 e. The van der Waals surface area contributed by atoms with Gasteiger partial charge in [-0.15, -0.1) is 11.3 Å². The molecule has 0 bridgehead atoms. The van der Waals surface area contributed by atoms with Crippen LogP contribution in [0.2, 0.25) is 0 Å². The van der Waals surface area contributed by atoms with Crippen LogP contribution < -0.4 is 10.6 Å². The molecule has 1 saturated heterocycles. The molecule has 2 heterocycles. The molecule has 7 nitrogen and oxygen atoms in total. The maximum absolute atomic E-state index is 13.1. The van der Waals surface area contributed by atoms with Crippen molar-refractivity contribution in [1.29, 1.82) is 5.26 Å². The summed E-state index contributed by atoms with van der Waals surface area (Å²) >= 11 is 1.58. The van der Waals surface area contributed by atoms with Crippen LogP contribution in [-0.2, 0) is 21.5 Å². The third-order valence-electron chi connectivity index (χ3n) is 5.42. The molecule has 2 atom stereocenters. The second kappa shape index (κ2) is 6.40. The van der Waals surface area contributed by atoms with Crippen LogP contribution in [0.5, 0.6) is 0 Å². The highest BCUT2D eigenvalue weighted by Crippen LogP contribution is 2.42. The fraction of sp³-hybridized carbons (Fsp3) is 0.556. The SMILES string of the molecule is CC(C)[C@@](C)(C#N)NC(=O)CN1C(=O)N[C@]2(CCCc3sccc32)C1=O. The Bertz CT molecular complexity index is 812. The van der Waals surface area contributed by atoms with Crippen molar-refractivity contribution in [2.24, 2.45) is 5.92 Å². The lowest BCUT2D eigenvalue weighted by Gasteiger charge is -2.31. The van der Waals surface area contributed by atoms with Gasteiger partial charge in [-0.3, -0.25) is 14.5 Å². The highest BCUT2D eigenvalue weighted by atomic mass is 32.1. The van der Waals surface area contributed by atoms with Gasteiger partial charge in [-0.05, 0) is 43.6 Å². The summed E-state index contributed by atoms with van der Waals surface area (Å²) in [5, 5.41) is 16.7. The standard InChI is InChI=1S/C18H22N4O3S/c1-11(2)17(3,10-19)20-14(23)9-22-15(24)18(21-16(22)25)7-4-5-13-12(18)6-8-26-13/h6,8,11H,4-5,7,9H2,1-3H3,(H,20,23)(H,21,25)/t17-,18+/m1/s1. The first kappa shape index (κ1) is 18.4. The van der Waals surface area contributed by atoms with Crippen LogP contribution in [0.4, 0.5) is 4.79 Å². The molecule has 0 unspecified atom stereocenters. The van der Waals surface area contributed by atoms with Crippen LogP contribution >= 0.6 is 11.3 Å². The van der Waals surface area contributed by atoms with Crippen molar-refractivity contribution in [3.63, 3.8) is 0 Å². The van der Waals surface area contributed by atoms with E-state index < -0.39 is 29.6 Å². The molecule has 1 aromatic heterocycles. The molecular weight excluding hydrogens is 352 g/mol. The van der Waals surface area contributed by atoms with E-state index >= 15 is 0 Å². The fourth-order valence-corrected chi connectivity index (χ4v) is 4.46. The van der Waals surface area contributed by atoms with Crippen LogP contribution in [0, 0.1) is 17.2 Å². The van der Waals surface area contributed by atoms with Gasteiger partial charge in [0.25, 0.3) is 5.91 Å². The first-order valence-corrected chi connectivity index (χ1v) is 9.54. The highest BCUT2D eigenvalue weighted by Gasteiger charge is 2.54. The lowest BCUT2D eigenvalue weighted by atomic mass is 9.80. The van der Waals surface area contributed by atoms with Gasteiger partial charge in [0, 0.05) is 10.4 Å². The Morgan fingerprint density at radius 1 is 1.54 bits per heavy atom. The average Bonchev–Trinajstić information content (AvgIpc) is 3.15. The Balaban J connectivity index is 1.80. The Labute approximate surface area is 156 Å². The van der Waals surface area contributed by atoms with Gasteiger partial charge in [0.05, 0.1) is 6.07 Å². The van der Waals surface area contributed by atoms with Crippen LogP contribution in [0.1, 0.15) is 44.1 Å². The normalized spacial score (nSPS) is 24.2. The molecular formula is C18H22N4O3S. The van der Waals surface area contributed by atoms with Crippen molar-refractivity contribution in [3.8, 4) is 6.07 Å². The number of thiophene rings is 1. The monoisotopic (exact) mass is 374 g/mol. The fourth-order valence-electron chi connectivity index (χ4n) is 3.46. The molecule has 0 saturated carbocycles. The van der Waals surface area contributed by atoms with E-state index in [0.717, 1.165) is 28.2 Å². The molecule has 1 fully saturated rings. The van der Waals surface area contributed by atoms with Gasteiger partial charge >= 0.3 is 6.03 Å². The first-order chi connectivity index (χ1) is 12.2. The molecule has 1 aliphatic carbocycles. The van der Waals surface area contributed by atoms with E-state index in [2.05, 4.69) is 16.7 Å². The number of urea groups is 1. The van der Waals surface area contributed by atoms with Crippen molar-refractivity contribution < 1.29 is 14.4 Å². The third-order valence-corrected chi connectivity index (χ3v) is 6.41. The number of imide groups is 1. The van der Waals surface area contributed by atoms with E-state index in [0.29, 0.717) is 6.42 Å². The van der Waals surface area contributed by atoms with Gasteiger partial charge < -0.3 is 10.6 Å². The maximum atomic E-state index is 13.1. The molecule has 2 aliphatic rings. The number of amides is 4. The summed E-state index contributed by atoms with van der Waals surface area (Å²) < 4.78 is 0. The van der Waals surface area contributed by atoms with Crippen molar-refractivity contribution >= 4 is 29.2 Å². The Morgan fingerprint density at radius 3 is 2.92 bits per heavy atom. The van der Waals surface area contributed by atoms with Crippen LogP contribution in [0.25, 0.3) is 0 Å². The Kier molecular flexibility index (Phi) is 4.53. The average molecular weight is 374 g/mol. The molecule has 4 amide bonds. The number of nitrogens with zero attached hydrogens (tertiary/aromatic N) is 2. The highest BCUT2D eigenvalue weighted by molar-refractivity contribution is 7.10. The van der Waals surface area contributed by atoms with E-state index in [1.165, 1.54) is 0 Å². The number of carbonyl (C=O) groups is 3. The quantitative estimate of drug-likeness (QED) is 0.786. The van der Waals surface area contributed by atoms with E-state index in [1.807, 2.05) is 25.3 Å². The van der Waals surface area contributed by atoms with Crippen LogP contribution in [-0.4, -0.2) is 34.8 Å². The van der Waals surface area contributed by atoms with Gasteiger partial charge in [-0.1, -0.05) is 13.8 Å².